The van der Waals surface area contributed by atoms with Crippen molar-refractivity contribution in [2.45, 2.75) is 44.7 Å². The van der Waals surface area contributed by atoms with Crippen LogP contribution in [0.3, 0.4) is 0 Å². The summed E-state index contributed by atoms with van der Waals surface area (Å²) in [7, 11) is 1.78. The average Bonchev–Trinajstić information content (AvgIpc) is 2.64. The van der Waals surface area contributed by atoms with Crippen molar-refractivity contribution < 1.29 is 9.59 Å². The molecule has 3 unspecified atom stereocenters. The summed E-state index contributed by atoms with van der Waals surface area (Å²) in [5.41, 5.74) is 0. The van der Waals surface area contributed by atoms with Crippen molar-refractivity contribution in [1.82, 2.24) is 15.5 Å². The normalized spacial score (nSPS) is 32.7. The monoisotopic (exact) mass is 253 g/mol. The molecule has 0 aromatic rings. The van der Waals surface area contributed by atoms with Gasteiger partial charge in [0.05, 0.1) is 0 Å². The first kappa shape index (κ1) is 13.3. The van der Waals surface area contributed by atoms with Gasteiger partial charge in [0.1, 0.15) is 6.04 Å². The molecule has 2 aliphatic rings. The molecule has 18 heavy (non-hydrogen) atoms. The summed E-state index contributed by atoms with van der Waals surface area (Å²) in [4.78, 5) is 25.3. The van der Waals surface area contributed by atoms with Crippen LogP contribution in [0.25, 0.3) is 0 Å². The number of carbonyl (C=O) groups excluding carboxylic acids is 2. The third kappa shape index (κ3) is 3.02. The Labute approximate surface area is 108 Å². The summed E-state index contributed by atoms with van der Waals surface area (Å²) < 4.78 is 0. The fourth-order valence-corrected chi connectivity index (χ4v) is 2.80. The second kappa shape index (κ2) is 5.69. The fourth-order valence-electron chi connectivity index (χ4n) is 2.80. The topological polar surface area (TPSA) is 61.4 Å². The zero-order chi connectivity index (χ0) is 13.1. The molecule has 2 amide bonds. The van der Waals surface area contributed by atoms with Gasteiger partial charge in [0.25, 0.3) is 0 Å². The van der Waals surface area contributed by atoms with Crippen molar-refractivity contribution in [2.75, 3.05) is 20.1 Å². The highest BCUT2D eigenvalue weighted by Gasteiger charge is 2.31. The van der Waals surface area contributed by atoms with Crippen LogP contribution in [0.1, 0.15) is 32.6 Å². The van der Waals surface area contributed by atoms with E-state index in [0.29, 0.717) is 12.3 Å². The summed E-state index contributed by atoms with van der Waals surface area (Å²) >= 11 is 0. The van der Waals surface area contributed by atoms with E-state index >= 15 is 0 Å². The van der Waals surface area contributed by atoms with Gasteiger partial charge in [0.2, 0.25) is 11.8 Å². The maximum Gasteiger partial charge on any atom is 0.244 e. The molecule has 0 spiro atoms. The van der Waals surface area contributed by atoms with Crippen LogP contribution >= 0.6 is 0 Å². The Kier molecular flexibility index (Phi) is 4.22. The number of rotatable bonds is 3. The molecular formula is C13H23N3O2. The Balaban J connectivity index is 1.80. The minimum Gasteiger partial charge on any atom is -0.344 e. The molecule has 0 bridgehead atoms. The predicted octanol–water partition coefficient (Wildman–Crippen LogP) is 0.112. The lowest BCUT2D eigenvalue weighted by molar-refractivity contribution is -0.132. The molecular weight excluding hydrogens is 230 g/mol. The van der Waals surface area contributed by atoms with Crippen LogP contribution in [0, 0.1) is 5.92 Å². The molecule has 0 aliphatic carbocycles. The van der Waals surface area contributed by atoms with Crippen molar-refractivity contribution in [3.05, 3.63) is 0 Å². The summed E-state index contributed by atoms with van der Waals surface area (Å²) in [6.45, 7) is 3.91. The van der Waals surface area contributed by atoms with Gasteiger partial charge in [-0.3, -0.25) is 9.59 Å². The van der Waals surface area contributed by atoms with E-state index in [0.717, 1.165) is 19.5 Å². The number of nitrogens with one attached hydrogen (secondary N) is 2. The molecule has 5 heteroatoms. The summed E-state index contributed by atoms with van der Waals surface area (Å²) in [5.74, 6) is 0.564. The van der Waals surface area contributed by atoms with Crippen molar-refractivity contribution in [1.29, 1.82) is 0 Å². The Bertz CT molecular complexity index is 332. The summed E-state index contributed by atoms with van der Waals surface area (Å²) in [5, 5.41) is 6.25. The van der Waals surface area contributed by atoms with Crippen LogP contribution in [-0.2, 0) is 9.59 Å². The van der Waals surface area contributed by atoms with E-state index in [4.69, 9.17) is 0 Å². The van der Waals surface area contributed by atoms with Crippen molar-refractivity contribution in [3.8, 4) is 0 Å². The van der Waals surface area contributed by atoms with E-state index in [2.05, 4.69) is 17.6 Å². The first-order valence-corrected chi connectivity index (χ1v) is 6.85. The van der Waals surface area contributed by atoms with E-state index in [1.54, 1.807) is 11.9 Å². The second-order valence-corrected chi connectivity index (χ2v) is 5.55. The molecule has 2 saturated heterocycles. The molecule has 2 N–H and O–H groups in total. The van der Waals surface area contributed by atoms with Crippen LogP contribution in [0.2, 0.25) is 0 Å². The van der Waals surface area contributed by atoms with Gasteiger partial charge in [-0.2, -0.15) is 0 Å². The van der Waals surface area contributed by atoms with Gasteiger partial charge in [0.15, 0.2) is 0 Å². The molecule has 102 valence electrons. The lowest BCUT2D eigenvalue weighted by Crippen LogP contribution is -2.46. The number of likely N-dealkylation sites (tertiary alicyclic amines) is 1. The standard InChI is InChI=1S/C13H23N3O2/c1-9-4-3-6-14-11(9)8-12(17)15-10-5-7-16(2)13(10)18/h9-11,14H,3-8H2,1-2H3,(H,15,17). The largest absolute Gasteiger partial charge is 0.344 e. The van der Waals surface area contributed by atoms with Crippen molar-refractivity contribution >= 4 is 11.8 Å². The van der Waals surface area contributed by atoms with E-state index in [1.165, 1.54) is 12.8 Å². The van der Waals surface area contributed by atoms with E-state index in [9.17, 15) is 9.59 Å². The van der Waals surface area contributed by atoms with Gasteiger partial charge >= 0.3 is 0 Å². The number of likely N-dealkylation sites (N-methyl/N-ethyl adjacent to an activating group) is 1. The van der Waals surface area contributed by atoms with Gasteiger partial charge in [-0.05, 0) is 31.7 Å². The molecule has 0 aromatic heterocycles. The lowest BCUT2D eigenvalue weighted by atomic mass is 9.90. The van der Waals surface area contributed by atoms with E-state index in [-0.39, 0.29) is 23.9 Å². The quantitative estimate of drug-likeness (QED) is 0.750. The van der Waals surface area contributed by atoms with Crippen LogP contribution < -0.4 is 10.6 Å². The highest BCUT2D eigenvalue weighted by molar-refractivity contribution is 5.89. The number of amides is 2. The summed E-state index contributed by atoms with van der Waals surface area (Å²) in [6, 6.07) is -0.0469. The maximum atomic E-state index is 11.9. The second-order valence-electron chi connectivity index (χ2n) is 5.55. The highest BCUT2D eigenvalue weighted by atomic mass is 16.2. The van der Waals surface area contributed by atoms with Crippen molar-refractivity contribution in [3.63, 3.8) is 0 Å². The predicted molar refractivity (Wildman–Crippen MR) is 69.0 cm³/mol. The molecule has 0 aromatic carbocycles. The molecule has 5 nitrogen and oxygen atoms in total. The van der Waals surface area contributed by atoms with Crippen LogP contribution in [0.4, 0.5) is 0 Å². The molecule has 0 saturated carbocycles. The van der Waals surface area contributed by atoms with Gasteiger partial charge < -0.3 is 15.5 Å². The van der Waals surface area contributed by atoms with Crippen LogP contribution in [0.5, 0.6) is 0 Å². The molecule has 2 rings (SSSR count). The molecule has 2 fully saturated rings. The number of hydrogen-bond acceptors (Lipinski definition) is 3. The van der Waals surface area contributed by atoms with Gasteiger partial charge in [-0.25, -0.2) is 0 Å². The summed E-state index contributed by atoms with van der Waals surface area (Å²) in [6.07, 6.45) is 3.57. The first-order chi connectivity index (χ1) is 8.58. The van der Waals surface area contributed by atoms with Crippen molar-refractivity contribution in [2.24, 2.45) is 5.92 Å². The van der Waals surface area contributed by atoms with E-state index < -0.39 is 0 Å². The van der Waals surface area contributed by atoms with Gasteiger partial charge in [-0.1, -0.05) is 6.92 Å². The Hall–Kier alpha value is -1.10. The Morgan fingerprint density at radius 2 is 2.28 bits per heavy atom. The molecule has 2 heterocycles. The third-order valence-corrected chi connectivity index (χ3v) is 4.10. The number of hydrogen-bond donors (Lipinski definition) is 2. The molecule has 0 radical (unpaired) electrons. The Morgan fingerprint density at radius 3 is 2.89 bits per heavy atom. The van der Waals surface area contributed by atoms with Crippen LogP contribution in [0.15, 0.2) is 0 Å². The molecule has 2 aliphatic heterocycles. The number of nitrogens with zero attached hydrogens (tertiary/aromatic N) is 1. The lowest BCUT2D eigenvalue weighted by Gasteiger charge is -2.29. The SMILES string of the molecule is CC1CCCNC1CC(=O)NC1CCN(C)C1=O. The minimum absolute atomic E-state index is 0.00472. The number of carbonyl (C=O) groups is 2. The molecule has 3 atom stereocenters. The smallest absolute Gasteiger partial charge is 0.244 e. The van der Waals surface area contributed by atoms with Gasteiger partial charge in [0, 0.05) is 26.1 Å². The highest BCUT2D eigenvalue weighted by Crippen LogP contribution is 2.18. The maximum absolute atomic E-state index is 11.9. The minimum atomic E-state index is -0.304. The number of piperidine rings is 1. The van der Waals surface area contributed by atoms with E-state index in [1.807, 2.05) is 0 Å². The average molecular weight is 253 g/mol. The first-order valence-electron chi connectivity index (χ1n) is 6.85. The third-order valence-electron chi connectivity index (χ3n) is 4.10. The van der Waals surface area contributed by atoms with Crippen LogP contribution in [-0.4, -0.2) is 48.9 Å². The van der Waals surface area contributed by atoms with Gasteiger partial charge in [-0.15, -0.1) is 0 Å². The zero-order valence-electron chi connectivity index (χ0n) is 11.2. The zero-order valence-corrected chi connectivity index (χ0v) is 11.2. The fraction of sp³-hybridized carbons (Fsp3) is 0.846. The Morgan fingerprint density at radius 1 is 1.50 bits per heavy atom.